The third-order valence-corrected chi connectivity index (χ3v) is 5.53. The Hall–Kier alpha value is -1.99. The fraction of sp³-hybridized carbons (Fsp3) is 0.235. The van der Waals surface area contributed by atoms with E-state index in [1.807, 2.05) is 19.1 Å². The van der Waals surface area contributed by atoms with Crippen LogP contribution in [0.15, 0.2) is 40.9 Å². The molecule has 0 saturated carbocycles. The molecule has 0 bridgehead atoms. The molecule has 1 aliphatic heterocycles. The number of hydrogen-bond acceptors (Lipinski definition) is 4. The van der Waals surface area contributed by atoms with E-state index in [0.717, 1.165) is 14.2 Å². The summed E-state index contributed by atoms with van der Waals surface area (Å²) in [6, 6.07) is 10.2. The van der Waals surface area contributed by atoms with Crippen LogP contribution in [-0.2, 0) is 10.3 Å². The van der Waals surface area contributed by atoms with Gasteiger partial charge in [0.1, 0.15) is 5.54 Å². The van der Waals surface area contributed by atoms with Crippen molar-refractivity contribution in [1.82, 2.24) is 10.2 Å². The van der Waals surface area contributed by atoms with E-state index in [1.54, 1.807) is 31.2 Å². The molecule has 1 aromatic heterocycles. The minimum absolute atomic E-state index is 0.241. The molecule has 0 unspecified atom stereocenters. The number of halogens is 1. The number of benzene rings is 1. The van der Waals surface area contributed by atoms with E-state index in [9.17, 15) is 14.4 Å². The second kappa shape index (κ2) is 6.14. The summed E-state index contributed by atoms with van der Waals surface area (Å²) in [5, 5.41) is 2.70. The second-order valence-corrected chi connectivity index (χ2v) is 7.99. The van der Waals surface area contributed by atoms with Crippen LogP contribution in [0.5, 0.6) is 0 Å². The average molecular weight is 407 g/mol. The Morgan fingerprint density at radius 3 is 2.67 bits per heavy atom. The molecular formula is C17H15BrN2O3S. The topological polar surface area (TPSA) is 66.5 Å². The van der Waals surface area contributed by atoms with Gasteiger partial charge >= 0.3 is 6.03 Å². The lowest BCUT2D eigenvalue weighted by Gasteiger charge is -2.22. The van der Waals surface area contributed by atoms with Crippen LogP contribution in [0.3, 0.4) is 0 Å². The van der Waals surface area contributed by atoms with E-state index in [2.05, 4.69) is 21.2 Å². The first-order chi connectivity index (χ1) is 11.3. The number of rotatable bonds is 4. The maximum atomic E-state index is 12.8. The highest BCUT2D eigenvalue weighted by Gasteiger charge is 2.49. The van der Waals surface area contributed by atoms with Gasteiger partial charge in [-0.25, -0.2) is 4.79 Å². The number of urea groups is 1. The summed E-state index contributed by atoms with van der Waals surface area (Å²) in [5.41, 5.74) is -0.510. The summed E-state index contributed by atoms with van der Waals surface area (Å²) in [6.45, 7) is 3.29. The molecule has 2 heterocycles. The van der Waals surface area contributed by atoms with Crippen LogP contribution < -0.4 is 5.32 Å². The molecule has 3 rings (SSSR count). The molecule has 1 aromatic carbocycles. The molecule has 2 aromatic rings. The molecule has 1 aliphatic rings. The first-order valence-electron chi connectivity index (χ1n) is 7.31. The zero-order valence-corrected chi connectivity index (χ0v) is 15.5. The van der Waals surface area contributed by atoms with Gasteiger partial charge in [0.15, 0.2) is 5.78 Å². The van der Waals surface area contributed by atoms with E-state index >= 15 is 0 Å². The maximum absolute atomic E-state index is 12.8. The number of nitrogens with one attached hydrogen (secondary N) is 1. The summed E-state index contributed by atoms with van der Waals surface area (Å²) in [5.74, 6) is -0.665. The van der Waals surface area contributed by atoms with Crippen molar-refractivity contribution < 1.29 is 14.4 Å². The monoisotopic (exact) mass is 406 g/mol. The number of Topliss-reactive ketones (excluding diaryl/α,β-unsaturated/α-hetero) is 1. The Kier molecular flexibility index (Phi) is 4.31. The van der Waals surface area contributed by atoms with E-state index in [1.165, 1.54) is 11.3 Å². The number of nitrogens with zero attached hydrogens (tertiary/aromatic N) is 1. The van der Waals surface area contributed by atoms with Crippen molar-refractivity contribution in [3.05, 3.63) is 56.2 Å². The molecule has 124 valence electrons. The first kappa shape index (κ1) is 16.9. The van der Waals surface area contributed by atoms with Crippen LogP contribution in [0, 0.1) is 6.92 Å². The lowest BCUT2D eigenvalue weighted by atomic mass is 9.92. The Labute approximate surface area is 151 Å². The molecule has 1 N–H and O–H groups in total. The van der Waals surface area contributed by atoms with Gasteiger partial charge < -0.3 is 5.32 Å². The minimum Gasteiger partial charge on any atom is -0.319 e. The summed E-state index contributed by atoms with van der Waals surface area (Å²) >= 11 is 4.72. The van der Waals surface area contributed by atoms with E-state index in [4.69, 9.17) is 0 Å². The fourth-order valence-electron chi connectivity index (χ4n) is 2.64. The van der Waals surface area contributed by atoms with Crippen molar-refractivity contribution in [2.75, 3.05) is 6.54 Å². The average Bonchev–Trinajstić information content (AvgIpc) is 3.05. The molecule has 1 fully saturated rings. The number of carbonyl (C=O) groups excluding carboxylic acids is 3. The Bertz CT molecular complexity index is 848. The number of aryl methyl sites for hydroxylation is 1. The molecular weight excluding hydrogens is 392 g/mol. The van der Waals surface area contributed by atoms with Gasteiger partial charge in [-0.15, -0.1) is 11.3 Å². The molecule has 1 saturated heterocycles. The summed E-state index contributed by atoms with van der Waals surface area (Å²) < 4.78 is 0.812. The Morgan fingerprint density at radius 2 is 2.04 bits per heavy atom. The van der Waals surface area contributed by atoms with Crippen molar-refractivity contribution in [2.24, 2.45) is 0 Å². The van der Waals surface area contributed by atoms with Gasteiger partial charge in [0.2, 0.25) is 0 Å². The van der Waals surface area contributed by atoms with Crippen molar-refractivity contribution >= 4 is 45.0 Å². The smallest absolute Gasteiger partial charge is 0.319 e. The van der Waals surface area contributed by atoms with Gasteiger partial charge in [0.25, 0.3) is 5.91 Å². The molecule has 24 heavy (non-hydrogen) atoms. The van der Waals surface area contributed by atoms with E-state index < -0.39 is 17.5 Å². The normalized spacial score (nSPS) is 20.4. The number of thiophene rings is 1. The van der Waals surface area contributed by atoms with Crippen LogP contribution in [-0.4, -0.2) is 29.2 Å². The standard InChI is InChI=1S/C17H15BrN2O3S/c1-10-6-7-14(24-10)13(21)9-20-15(22)17(2,19-16(20)23)11-4-3-5-12(18)8-11/h3-8H,9H2,1-2H3,(H,19,23)/t17-/m0/s1. The number of amides is 3. The third-order valence-electron chi connectivity index (χ3n) is 3.99. The predicted octanol–water partition coefficient (Wildman–Crippen LogP) is 3.47. The van der Waals surface area contributed by atoms with Gasteiger partial charge in [-0.3, -0.25) is 14.5 Å². The predicted molar refractivity (Wildman–Crippen MR) is 95.1 cm³/mol. The van der Waals surface area contributed by atoms with E-state index in [0.29, 0.717) is 10.4 Å². The molecule has 5 nitrogen and oxygen atoms in total. The van der Waals surface area contributed by atoms with Gasteiger partial charge in [-0.1, -0.05) is 28.1 Å². The van der Waals surface area contributed by atoms with Gasteiger partial charge in [0, 0.05) is 9.35 Å². The number of hydrogen-bond donors (Lipinski definition) is 1. The van der Waals surface area contributed by atoms with Crippen LogP contribution in [0.1, 0.15) is 27.0 Å². The molecule has 0 aliphatic carbocycles. The quantitative estimate of drug-likeness (QED) is 0.624. The van der Waals surface area contributed by atoms with Crippen molar-refractivity contribution in [2.45, 2.75) is 19.4 Å². The van der Waals surface area contributed by atoms with Crippen LogP contribution in [0.25, 0.3) is 0 Å². The summed E-state index contributed by atoms with van der Waals surface area (Å²) in [4.78, 5) is 39.9. The molecule has 0 radical (unpaired) electrons. The SMILES string of the molecule is Cc1ccc(C(=O)CN2C(=O)N[C@@](C)(c3cccc(Br)c3)C2=O)s1. The number of carbonyl (C=O) groups is 3. The Balaban J connectivity index is 1.85. The van der Waals surface area contributed by atoms with Crippen molar-refractivity contribution in [3.8, 4) is 0 Å². The molecule has 1 atom stereocenters. The van der Waals surface area contributed by atoms with Crippen LogP contribution in [0.4, 0.5) is 4.79 Å². The second-order valence-electron chi connectivity index (χ2n) is 5.79. The van der Waals surface area contributed by atoms with Gasteiger partial charge in [0.05, 0.1) is 11.4 Å². The lowest BCUT2D eigenvalue weighted by molar-refractivity contribution is -0.130. The molecule has 0 spiro atoms. The number of imide groups is 1. The van der Waals surface area contributed by atoms with Gasteiger partial charge in [-0.05, 0) is 43.7 Å². The summed E-state index contributed by atoms with van der Waals surface area (Å²) in [7, 11) is 0. The minimum atomic E-state index is -1.17. The lowest BCUT2D eigenvalue weighted by Crippen LogP contribution is -2.41. The number of ketones is 1. The highest BCUT2D eigenvalue weighted by molar-refractivity contribution is 9.10. The first-order valence-corrected chi connectivity index (χ1v) is 8.92. The Morgan fingerprint density at radius 1 is 1.29 bits per heavy atom. The maximum Gasteiger partial charge on any atom is 0.325 e. The fourth-order valence-corrected chi connectivity index (χ4v) is 3.84. The van der Waals surface area contributed by atoms with Crippen LogP contribution in [0.2, 0.25) is 0 Å². The van der Waals surface area contributed by atoms with Crippen molar-refractivity contribution in [3.63, 3.8) is 0 Å². The summed E-state index contributed by atoms with van der Waals surface area (Å²) in [6.07, 6.45) is 0. The largest absolute Gasteiger partial charge is 0.325 e. The molecule has 7 heteroatoms. The third kappa shape index (κ3) is 2.89. The highest BCUT2D eigenvalue weighted by atomic mass is 79.9. The van der Waals surface area contributed by atoms with Crippen LogP contribution >= 0.6 is 27.3 Å². The van der Waals surface area contributed by atoms with E-state index in [-0.39, 0.29) is 12.3 Å². The zero-order chi connectivity index (χ0) is 17.5. The zero-order valence-electron chi connectivity index (χ0n) is 13.1. The molecule has 3 amide bonds. The highest BCUT2D eigenvalue weighted by Crippen LogP contribution is 2.30. The van der Waals surface area contributed by atoms with Crippen molar-refractivity contribution in [1.29, 1.82) is 0 Å². The van der Waals surface area contributed by atoms with Gasteiger partial charge in [-0.2, -0.15) is 0 Å².